The van der Waals surface area contributed by atoms with Crippen molar-refractivity contribution in [1.82, 2.24) is 9.55 Å². The highest BCUT2D eigenvalue weighted by Crippen LogP contribution is 2.24. The molecule has 0 atom stereocenters. The summed E-state index contributed by atoms with van der Waals surface area (Å²) < 4.78 is 1.91. The third-order valence-electron chi connectivity index (χ3n) is 2.12. The van der Waals surface area contributed by atoms with E-state index in [0.29, 0.717) is 10.0 Å². The van der Waals surface area contributed by atoms with Gasteiger partial charge in [0.2, 0.25) is 5.95 Å². The molecule has 1 aromatic carbocycles. The minimum absolute atomic E-state index is 0.598. The molecule has 0 aliphatic heterocycles. The Morgan fingerprint density at radius 2 is 1.81 bits per heavy atom. The molecular weight excluding hydrogens is 245 g/mol. The molecule has 0 saturated heterocycles. The first kappa shape index (κ1) is 11.3. The monoisotopic (exact) mass is 255 g/mol. The highest BCUT2D eigenvalue weighted by Gasteiger charge is 2.04. The second-order valence-corrected chi connectivity index (χ2v) is 4.47. The summed E-state index contributed by atoms with van der Waals surface area (Å²) in [5.74, 6) is 0.760. The second kappa shape index (κ2) is 4.36. The summed E-state index contributed by atoms with van der Waals surface area (Å²) in [7, 11) is 1.93. The zero-order valence-electron chi connectivity index (χ0n) is 8.96. The Hall–Kier alpha value is -1.19. The molecule has 0 aliphatic carbocycles. The maximum absolute atomic E-state index is 5.91. The van der Waals surface area contributed by atoms with Crippen LogP contribution in [-0.4, -0.2) is 9.55 Å². The number of nitrogens with one attached hydrogen (secondary N) is 1. The summed E-state index contributed by atoms with van der Waals surface area (Å²) in [6.07, 6.45) is 1.94. The van der Waals surface area contributed by atoms with Crippen molar-refractivity contribution >= 4 is 34.8 Å². The molecule has 0 bridgehead atoms. The van der Waals surface area contributed by atoms with Crippen LogP contribution >= 0.6 is 23.2 Å². The molecule has 0 unspecified atom stereocenters. The van der Waals surface area contributed by atoms with Crippen molar-refractivity contribution in [2.45, 2.75) is 6.92 Å². The normalized spacial score (nSPS) is 10.5. The van der Waals surface area contributed by atoms with Crippen LogP contribution in [0.2, 0.25) is 10.0 Å². The van der Waals surface area contributed by atoms with Crippen LogP contribution in [0.15, 0.2) is 24.4 Å². The van der Waals surface area contributed by atoms with Gasteiger partial charge in [0.05, 0.1) is 5.69 Å². The minimum Gasteiger partial charge on any atom is -0.326 e. The molecule has 0 saturated carbocycles. The highest BCUT2D eigenvalue weighted by molar-refractivity contribution is 6.35. The molecule has 16 heavy (non-hydrogen) atoms. The summed E-state index contributed by atoms with van der Waals surface area (Å²) in [6.45, 7) is 1.94. The molecule has 5 heteroatoms. The fourth-order valence-corrected chi connectivity index (χ4v) is 2.01. The van der Waals surface area contributed by atoms with Gasteiger partial charge in [-0.05, 0) is 25.1 Å². The number of hydrogen-bond acceptors (Lipinski definition) is 2. The Morgan fingerprint density at radius 3 is 2.31 bits per heavy atom. The van der Waals surface area contributed by atoms with Crippen molar-refractivity contribution in [2.24, 2.45) is 7.05 Å². The van der Waals surface area contributed by atoms with E-state index in [1.54, 1.807) is 18.2 Å². The van der Waals surface area contributed by atoms with Crippen LogP contribution in [0.25, 0.3) is 0 Å². The van der Waals surface area contributed by atoms with Gasteiger partial charge in [0.1, 0.15) is 0 Å². The maximum Gasteiger partial charge on any atom is 0.207 e. The van der Waals surface area contributed by atoms with E-state index >= 15 is 0 Å². The first-order valence-corrected chi connectivity index (χ1v) is 5.53. The van der Waals surface area contributed by atoms with Gasteiger partial charge < -0.3 is 9.88 Å². The third-order valence-corrected chi connectivity index (χ3v) is 2.55. The van der Waals surface area contributed by atoms with Gasteiger partial charge in [0.25, 0.3) is 0 Å². The quantitative estimate of drug-likeness (QED) is 0.886. The first-order valence-electron chi connectivity index (χ1n) is 4.77. The number of nitrogens with zero attached hydrogens (tertiary/aromatic N) is 2. The molecule has 0 amide bonds. The lowest BCUT2D eigenvalue weighted by Crippen LogP contribution is -1.98. The fourth-order valence-electron chi connectivity index (χ4n) is 1.49. The number of aromatic nitrogens is 2. The summed E-state index contributed by atoms with van der Waals surface area (Å²) in [5, 5.41) is 4.35. The molecule has 2 aromatic rings. The van der Waals surface area contributed by atoms with E-state index in [2.05, 4.69) is 10.3 Å². The van der Waals surface area contributed by atoms with Gasteiger partial charge in [0.15, 0.2) is 0 Å². The highest BCUT2D eigenvalue weighted by atomic mass is 35.5. The molecule has 2 rings (SSSR count). The van der Waals surface area contributed by atoms with E-state index < -0.39 is 0 Å². The van der Waals surface area contributed by atoms with Gasteiger partial charge in [0, 0.05) is 29.0 Å². The molecule has 3 nitrogen and oxygen atoms in total. The topological polar surface area (TPSA) is 29.9 Å². The van der Waals surface area contributed by atoms with Crippen molar-refractivity contribution < 1.29 is 0 Å². The molecule has 0 spiro atoms. The van der Waals surface area contributed by atoms with E-state index in [9.17, 15) is 0 Å². The Kier molecular flexibility index (Phi) is 3.08. The number of anilines is 2. The van der Waals surface area contributed by atoms with Crippen LogP contribution in [0.1, 0.15) is 5.69 Å². The lowest BCUT2D eigenvalue weighted by Gasteiger charge is -2.06. The molecule has 1 heterocycles. The first-order chi connectivity index (χ1) is 7.54. The van der Waals surface area contributed by atoms with E-state index in [4.69, 9.17) is 23.2 Å². The van der Waals surface area contributed by atoms with Crippen LogP contribution in [0.3, 0.4) is 0 Å². The third kappa shape index (κ3) is 2.49. The predicted octanol–water partition coefficient (Wildman–Crippen LogP) is 3.78. The molecule has 0 radical (unpaired) electrons. The van der Waals surface area contributed by atoms with Crippen LogP contribution in [0, 0.1) is 6.92 Å². The number of imidazole rings is 1. The minimum atomic E-state index is 0.598. The lowest BCUT2D eigenvalue weighted by molar-refractivity contribution is 0.924. The zero-order chi connectivity index (χ0) is 11.7. The van der Waals surface area contributed by atoms with Crippen molar-refractivity contribution in [3.8, 4) is 0 Å². The Balaban J connectivity index is 2.30. The summed E-state index contributed by atoms with van der Waals surface area (Å²) in [6, 6.07) is 5.30. The standard InChI is InChI=1S/C11H11Cl2N3/c1-7-6-16(2)11(14-7)15-10-4-8(12)3-9(13)5-10/h3-6H,1-2H3,(H,14,15). The molecular formula is C11H11Cl2N3. The van der Waals surface area contributed by atoms with Gasteiger partial charge in [-0.2, -0.15) is 0 Å². The van der Waals surface area contributed by atoms with E-state index in [0.717, 1.165) is 17.3 Å². The van der Waals surface area contributed by atoms with E-state index in [1.165, 1.54) is 0 Å². The lowest BCUT2D eigenvalue weighted by atomic mass is 10.3. The van der Waals surface area contributed by atoms with Crippen molar-refractivity contribution in [2.75, 3.05) is 5.32 Å². The summed E-state index contributed by atoms with van der Waals surface area (Å²) >= 11 is 11.8. The van der Waals surface area contributed by atoms with Crippen LogP contribution in [0.5, 0.6) is 0 Å². The van der Waals surface area contributed by atoms with Crippen molar-refractivity contribution in [1.29, 1.82) is 0 Å². The van der Waals surface area contributed by atoms with Crippen LogP contribution in [0.4, 0.5) is 11.6 Å². The van der Waals surface area contributed by atoms with Gasteiger partial charge in [-0.15, -0.1) is 0 Å². The van der Waals surface area contributed by atoms with Crippen LogP contribution in [-0.2, 0) is 7.05 Å². The summed E-state index contributed by atoms with van der Waals surface area (Å²) in [4.78, 5) is 4.33. The van der Waals surface area contributed by atoms with Gasteiger partial charge in [-0.3, -0.25) is 0 Å². The average molecular weight is 256 g/mol. The molecule has 0 aliphatic rings. The predicted molar refractivity (Wildman–Crippen MR) is 67.7 cm³/mol. The number of rotatable bonds is 2. The number of hydrogen-bond donors (Lipinski definition) is 1. The van der Waals surface area contributed by atoms with Gasteiger partial charge >= 0.3 is 0 Å². The molecule has 84 valence electrons. The van der Waals surface area contributed by atoms with Gasteiger partial charge in [-0.25, -0.2) is 4.98 Å². The summed E-state index contributed by atoms with van der Waals surface area (Å²) in [5.41, 5.74) is 1.78. The molecule has 1 aromatic heterocycles. The Labute approximate surface area is 104 Å². The van der Waals surface area contributed by atoms with Gasteiger partial charge in [-0.1, -0.05) is 23.2 Å². The van der Waals surface area contributed by atoms with Crippen molar-refractivity contribution in [3.05, 3.63) is 40.1 Å². The van der Waals surface area contributed by atoms with E-state index in [-0.39, 0.29) is 0 Å². The zero-order valence-corrected chi connectivity index (χ0v) is 10.5. The maximum atomic E-state index is 5.91. The molecule has 0 fully saturated rings. The number of halogens is 2. The number of aryl methyl sites for hydroxylation is 2. The number of benzene rings is 1. The fraction of sp³-hybridized carbons (Fsp3) is 0.182. The van der Waals surface area contributed by atoms with E-state index in [1.807, 2.05) is 24.7 Å². The Bertz CT molecular complexity index is 500. The van der Waals surface area contributed by atoms with Crippen LogP contribution < -0.4 is 5.32 Å². The second-order valence-electron chi connectivity index (χ2n) is 3.60. The largest absolute Gasteiger partial charge is 0.326 e. The Morgan fingerprint density at radius 1 is 1.19 bits per heavy atom. The molecule has 1 N–H and O–H groups in total. The average Bonchev–Trinajstić information content (AvgIpc) is 2.43. The SMILES string of the molecule is Cc1cn(C)c(Nc2cc(Cl)cc(Cl)c2)n1. The van der Waals surface area contributed by atoms with Crippen molar-refractivity contribution in [3.63, 3.8) is 0 Å². The smallest absolute Gasteiger partial charge is 0.207 e.